The molecular weight excluding hydrogens is 396 g/mol. The molecule has 1 saturated carbocycles. The lowest BCUT2D eigenvalue weighted by Gasteiger charge is -2.10. The summed E-state index contributed by atoms with van der Waals surface area (Å²) in [5.41, 5.74) is 5.57. The standard InChI is InChI=1S/C23H22N4O2S/c1-14-12-17(8-11-25-14)26-23(29)22-20(15-6-7-15)21(27-30-22)19-5-3-4-16(13-28)18(19)9-10-24-2/h3-5,8-13,15,24H,6-7H2,1-2H3,(H,25,26,29)/b10-9-. The summed E-state index contributed by atoms with van der Waals surface area (Å²) in [6, 6.07) is 9.21. The third kappa shape index (κ3) is 4.02. The number of nitrogens with zero attached hydrogens (tertiary/aromatic N) is 2. The molecule has 7 heteroatoms. The summed E-state index contributed by atoms with van der Waals surface area (Å²) in [5, 5.41) is 5.94. The number of pyridine rings is 1. The minimum absolute atomic E-state index is 0.162. The Morgan fingerprint density at radius 2 is 2.10 bits per heavy atom. The van der Waals surface area contributed by atoms with E-state index in [1.54, 1.807) is 31.6 Å². The van der Waals surface area contributed by atoms with Crippen molar-refractivity contribution in [1.29, 1.82) is 0 Å². The number of rotatable bonds is 7. The first kappa shape index (κ1) is 20.0. The summed E-state index contributed by atoms with van der Waals surface area (Å²) in [7, 11) is 1.81. The molecule has 152 valence electrons. The maximum absolute atomic E-state index is 13.1. The van der Waals surface area contributed by atoms with E-state index in [1.165, 1.54) is 11.5 Å². The minimum Gasteiger partial charge on any atom is -0.394 e. The molecular formula is C23H22N4O2S. The van der Waals surface area contributed by atoms with Crippen LogP contribution in [0.4, 0.5) is 5.69 Å². The number of carbonyl (C=O) groups is 2. The van der Waals surface area contributed by atoms with E-state index >= 15 is 0 Å². The van der Waals surface area contributed by atoms with Gasteiger partial charge >= 0.3 is 0 Å². The van der Waals surface area contributed by atoms with Crippen LogP contribution >= 0.6 is 11.5 Å². The zero-order chi connectivity index (χ0) is 21.1. The highest BCUT2D eigenvalue weighted by atomic mass is 32.1. The topological polar surface area (TPSA) is 84.0 Å². The van der Waals surface area contributed by atoms with Crippen LogP contribution in [-0.2, 0) is 0 Å². The summed E-state index contributed by atoms with van der Waals surface area (Å²) in [6.07, 6.45) is 8.25. The van der Waals surface area contributed by atoms with E-state index in [0.29, 0.717) is 22.0 Å². The number of aldehydes is 1. The van der Waals surface area contributed by atoms with Crippen molar-refractivity contribution < 1.29 is 9.59 Å². The van der Waals surface area contributed by atoms with Crippen molar-refractivity contribution in [1.82, 2.24) is 14.7 Å². The van der Waals surface area contributed by atoms with Crippen molar-refractivity contribution in [3.8, 4) is 11.3 Å². The van der Waals surface area contributed by atoms with Gasteiger partial charge in [0, 0.05) is 41.3 Å². The molecule has 0 unspecified atom stereocenters. The van der Waals surface area contributed by atoms with Crippen LogP contribution in [0.15, 0.2) is 42.7 Å². The number of benzene rings is 1. The van der Waals surface area contributed by atoms with Crippen LogP contribution in [0.2, 0.25) is 0 Å². The van der Waals surface area contributed by atoms with E-state index in [0.717, 1.165) is 47.2 Å². The molecule has 1 fully saturated rings. The molecule has 0 atom stereocenters. The van der Waals surface area contributed by atoms with Gasteiger partial charge in [0.2, 0.25) is 0 Å². The molecule has 2 heterocycles. The van der Waals surface area contributed by atoms with Crippen LogP contribution < -0.4 is 10.6 Å². The van der Waals surface area contributed by atoms with Crippen molar-refractivity contribution in [2.75, 3.05) is 12.4 Å². The lowest BCUT2D eigenvalue weighted by molar-refractivity contribution is 0.102. The lowest BCUT2D eigenvalue weighted by atomic mass is 9.95. The second-order valence-electron chi connectivity index (χ2n) is 7.24. The van der Waals surface area contributed by atoms with Crippen LogP contribution in [0, 0.1) is 6.92 Å². The smallest absolute Gasteiger partial charge is 0.267 e. The third-order valence-corrected chi connectivity index (χ3v) is 5.87. The molecule has 1 amide bonds. The van der Waals surface area contributed by atoms with E-state index in [4.69, 9.17) is 0 Å². The van der Waals surface area contributed by atoms with Crippen LogP contribution in [-0.4, -0.2) is 28.6 Å². The zero-order valence-electron chi connectivity index (χ0n) is 16.8. The Morgan fingerprint density at radius 3 is 2.80 bits per heavy atom. The fourth-order valence-electron chi connectivity index (χ4n) is 3.46. The number of anilines is 1. The Bertz CT molecular complexity index is 1130. The molecule has 0 saturated heterocycles. The molecule has 3 aromatic rings. The number of aromatic nitrogens is 2. The molecule has 0 spiro atoms. The molecule has 1 aliphatic carbocycles. The molecule has 0 radical (unpaired) electrons. The third-order valence-electron chi connectivity index (χ3n) is 5.01. The predicted octanol–water partition coefficient (Wildman–Crippen LogP) is 4.65. The van der Waals surface area contributed by atoms with Crippen molar-refractivity contribution in [2.45, 2.75) is 25.7 Å². The number of amides is 1. The highest BCUT2D eigenvalue weighted by Crippen LogP contribution is 2.48. The summed E-state index contributed by atoms with van der Waals surface area (Å²) >= 11 is 1.21. The normalized spacial score (nSPS) is 13.4. The Kier molecular flexibility index (Phi) is 5.72. The molecule has 1 aromatic carbocycles. The number of hydrogen-bond donors (Lipinski definition) is 2. The van der Waals surface area contributed by atoms with Gasteiger partial charge in [-0.15, -0.1) is 0 Å². The van der Waals surface area contributed by atoms with Crippen molar-refractivity contribution >= 4 is 35.5 Å². The van der Waals surface area contributed by atoms with Gasteiger partial charge in [-0.25, -0.2) is 0 Å². The van der Waals surface area contributed by atoms with Gasteiger partial charge in [0.1, 0.15) is 4.88 Å². The van der Waals surface area contributed by atoms with Crippen LogP contribution in [0.25, 0.3) is 17.3 Å². The predicted molar refractivity (Wildman–Crippen MR) is 120 cm³/mol. The fraction of sp³-hybridized carbons (Fsp3) is 0.217. The largest absolute Gasteiger partial charge is 0.394 e. The van der Waals surface area contributed by atoms with Crippen molar-refractivity contribution in [3.63, 3.8) is 0 Å². The Morgan fingerprint density at radius 1 is 1.27 bits per heavy atom. The van der Waals surface area contributed by atoms with Gasteiger partial charge in [0.15, 0.2) is 6.29 Å². The fourth-order valence-corrected chi connectivity index (χ4v) is 4.34. The SMILES string of the molecule is CN/C=C\c1c(C=O)cccc1-c1nsc(C(=O)Nc2ccnc(C)c2)c1C1CC1. The number of aryl methyl sites for hydroxylation is 1. The van der Waals surface area contributed by atoms with E-state index in [9.17, 15) is 9.59 Å². The molecule has 2 N–H and O–H groups in total. The van der Waals surface area contributed by atoms with E-state index in [2.05, 4.69) is 20.0 Å². The summed E-state index contributed by atoms with van der Waals surface area (Å²) in [5.74, 6) is 0.157. The summed E-state index contributed by atoms with van der Waals surface area (Å²) in [4.78, 5) is 29.5. The first-order valence-corrected chi connectivity index (χ1v) is 10.6. The minimum atomic E-state index is -0.162. The number of hydrogen-bond acceptors (Lipinski definition) is 6. The molecule has 2 aromatic heterocycles. The van der Waals surface area contributed by atoms with Gasteiger partial charge in [0.05, 0.1) is 5.69 Å². The Labute approximate surface area is 179 Å². The molecule has 6 nitrogen and oxygen atoms in total. The van der Waals surface area contributed by atoms with Gasteiger partial charge in [-0.3, -0.25) is 14.6 Å². The summed E-state index contributed by atoms with van der Waals surface area (Å²) < 4.78 is 4.67. The average Bonchev–Trinajstić information content (AvgIpc) is 3.49. The second-order valence-corrected chi connectivity index (χ2v) is 8.01. The Hall–Kier alpha value is -3.32. The van der Waals surface area contributed by atoms with Gasteiger partial charge in [-0.2, -0.15) is 4.37 Å². The average molecular weight is 419 g/mol. The van der Waals surface area contributed by atoms with Crippen molar-refractivity contribution in [3.05, 3.63) is 70.0 Å². The van der Waals surface area contributed by atoms with Gasteiger partial charge in [0.25, 0.3) is 5.91 Å². The van der Waals surface area contributed by atoms with E-state index in [1.807, 2.05) is 31.2 Å². The molecule has 0 aliphatic heterocycles. The number of carbonyl (C=O) groups excluding carboxylic acids is 2. The second kappa shape index (κ2) is 8.59. The zero-order valence-corrected chi connectivity index (χ0v) is 17.6. The molecule has 0 bridgehead atoms. The Balaban J connectivity index is 1.77. The van der Waals surface area contributed by atoms with Gasteiger partial charge < -0.3 is 10.6 Å². The van der Waals surface area contributed by atoms with Crippen molar-refractivity contribution in [2.24, 2.45) is 0 Å². The maximum atomic E-state index is 13.1. The van der Waals surface area contributed by atoms with Crippen LogP contribution in [0.5, 0.6) is 0 Å². The number of nitrogens with one attached hydrogen (secondary N) is 2. The first-order chi connectivity index (χ1) is 14.6. The molecule has 4 rings (SSSR count). The van der Waals surface area contributed by atoms with Gasteiger partial charge in [-0.1, -0.05) is 18.2 Å². The summed E-state index contributed by atoms with van der Waals surface area (Å²) in [6.45, 7) is 1.89. The van der Waals surface area contributed by atoms with E-state index < -0.39 is 0 Å². The van der Waals surface area contributed by atoms with E-state index in [-0.39, 0.29) is 5.91 Å². The first-order valence-electron chi connectivity index (χ1n) is 9.78. The van der Waals surface area contributed by atoms with Crippen LogP contribution in [0.1, 0.15) is 55.6 Å². The monoisotopic (exact) mass is 418 g/mol. The van der Waals surface area contributed by atoms with Crippen LogP contribution in [0.3, 0.4) is 0 Å². The quantitative estimate of drug-likeness (QED) is 0.546. The maximum Gasteiger partial charge on any atom is 0.267 e. The molecule has 30 heavy (non-hydrogen) atoms. The highest BCUT2D eigenvalue weighted by molar-refractivity contribution is 7.08. The lowest BCUT2D eigenvalue weighted by Crippen LogP contribution is -2.12. The highest BCUT2D eigenvalue weighted by Gasteiger charge is 2.34. The van der Waals surface area contributed by atoms with Gasteiger partial charge in [-0.05, 0) is 67.2 Å². The molecule has 1 aliphatic rings.